The molecule has 44 heavy (non-hydrogen) atoms. The number of aliphatic hydroxyl groups excluding tert-OH is 2. The molecule has 0 amide bonds. The monoisotopic (exact) mass is 598 g/mol. The minimum Gasteiger partial charge on any atom is -0.392 e. The van der Waals surface area contributed by atoms with Crippen molar-refractivity contribution in [1.29, 1.82) is 0 Å². The van der Waals surface area contributed by atoms with Crippen molar-refractivity contribution < 1.29 is 19.8 Å². The first-order valence-corrected chi connectivity index (χ1v) is 15.7. The van der Waals surface area contributed by atoms with Crippen molar-refractivity contribution in [3.05, 3.63) is 119 Å². The van der Waals surface area contributed by atoms with Gasteiger partial charge in [-0.1, -0.05) is 135 Å². The van der Waals surface area contributed by atoms with Gasteiger partial charge in [0.15, 0.2) is 11.6 Å². The fraction of sp³-hybridized carbons (Fsp3) is 0.450. The van der Waals surface area contributed by atoms with Gasteiger partial charge in [-0.25, -0.2) is 0 Å². The molecule has 2 rings (SSSR count). The van der Waals surface area contributed by atoms with Gasteiger partial charge in [0, 0.05) is 24.3 Å². The molecule has 2 N–H and O–H groups in total. The van der Waals surface area contributed by atoms with Crippen LogP contribution in [0.3, 0.4) is 0 Å². The number of carbonyl (C=O) groups excluding carboxylic acids is 2. The van der Waals surface area contributed by atoms with Crippen molar-refractivity contribution in [2.75, 3.05) is 6.61 Å². The van der Waals surface area contributed by atoms with Crippen LogP contribution in [0.4, 0.5) is 0 Å². The van der Waals surface area contributed by atoms with Gasteiger partial charge in [0.25, 0.3) is 0 Å². The zero-order valence-electron chi connectivity index (χ0n) is 28.4. The van der Waals surface area contributed by atoms with E-state index in [2.05, 4.69) is 65.0 Å². The molecule has 0 aromatic rings. The minimum atomic E-state index is -0.351. The number of hydrogen-bond donors (Lipinski definition) is 2. The number of rotatable bonds is 12. The highest BCUT2D eigenvalue weighted by Gasteiger charge is 2.37. The fourth-order valence-electron chi connectivity index (χ4n) is 6.24. The Morgan fingerprint density at radius 2 is 1.39 bits per heavy atom. The Balaban J connectivity index is 1.93. The molecule has 0 fully saturated rings. The molecule has 1 unspecified atom stereocenters. The number of aliphatic hydroxyl groups is 2. The van der Waals surface area contributed by atoms with Gasteiger partial charge in [0.05, 0.1) is 12.7 Å². The van der Waals surface area contributed by atoms with E-state index in [1.54, 1.807) is 18.2 Å². The van der Waals surface area contributed by atoms with Crippen molar-refractivity contribution in [2.45, 2.75) is 87.7 Å². The van der Waals surface area contributed by atoms with E-state index in [9.17, 15) is 19.8 Å². The zero-order chi connectivity index (χ0) is 33.1. The first kappa shape index (κ1) is 36.8. The van der Waals surface area contributed by atoms with E-state index in [0.29, 0.717) is 17.9 Å². The van der Waals surface area contributed by atoms with Crippen LogP contribution in [0, 0.1) is 22.7 Å². The lowest BCUT2D eigenvalue weighted by Crippen LogP contribution is -2.33. The molecule has 0 aromatic carbocycles. The summed E-state index contributed by atoms with van der Waals surface area (Å²) in [6.45, 7) is 18.3. The van der Waals surface area contributed by atoms with Crippen LogP contribution in [-0.2, 0) is 9.59 Å². The van der Waals surface area contributed by atoms with Crippen LogP contribution < -0.4 is 0 Å². The molecule has 0 heterocycles. The van der Waals surface area contributed by atoms with Gasteiger partial charge >= 0.3 is 0 Å². The van der Waals surface area contributed by atoms with Crippen molar-refractivity contribution in [3.8, 4) is 0 Å². The van der Waals surface area contributed by atoms with E-state index < -0.39 is 0 Å². The van der Waals surface area contributed by atoms with E-state index in [1.807, 2.05) is 64.2 Å². The molecular weight excluding hydrogens is 544 g/mol. The summed E-state index contributed by atoms with van der Waals surface area (Å²) in [6.07, 6.45) is 28.8. The average Bonchev–Trinajstić information content (AvgIpc) is 2.89. The van der Waals surface area contributed by atoms with E-state index in [4.69, 9.17) is 0 Å². The molecule has 0 bridgehead atoms. The molecule has 238 valence electrons. The standard InChI is InChI=1S/C40H54O4/c1-28(16-12-17-30(3)20-21-36-31(4)22-34(42)25-39(36,6)7)14-10-11-15-29(2)18-13-19-33(27-41)38(44)24-37-32(5)23-35(43)26-40(37,8)9/h10-23,34,36-37,41-42H,24-27H2,1-9H3/b11-10+,16-12+,18-13+,21-20+,28-14+,29-15+,30-17+,33-19+/t34?,36-,37-/m0/s1. The summed E-state index contributed by atoms with van der Waals surface area (Å²) < 4.78 is 0. The third-order valence-corrected chi connectivity index (χ3v) is 8.71. The zero-order valence-corrected chi connectivity index (χ0v) is 28.4. The predicted octanol–water partition coefficient (Wildman–Crippen LogP) is 8.84. The number of carbonyl (C=O) groups is 2. The molecule has 2 aliphatic rings. The van der Waals surface area contributed by atoms with Crippen molar-refractivity contribution in [2.24, 2.45) is 22.7 Å². The molecule has 0 spiro atoms. The minimum absolute atomic E-state index is 0.0147. The summed E-state index contributed by atoms with van der Waals surface area (Å²) in [5, 5.41) is 19.9. The summed E-state index contributed by atoms with van der Waals surface area (Å²) in [7, 11) is 0. The van der Waals surface area contributed by atoms with Gasteiger partial charge in [0.2, 0.25) is 0 Å². The summed E-state index contributed by atoms with van der Waals surface area (Å²) in [6, 6.07) is 0. The molecule has 0 saturated carbocycles. The summed E-state index contributed by atoms with van der Waals surface area (Å²) in [4.78, 5) is 24.9. The van der Waals surface area contributed by atoms with Crippen LogP contribution in [0.2, 0.25) is 0 Å². The predicted molar refractivity (Wildman–Crippen MR) is 185 cm³/mol. The van der Waals surface area contributed by atoms with Gasteiger partial charge in [0.1, 0.15) is 0 Å². The Morgan fingerprint density at radius 1 is 0.841 bits per heavy atom. The molecular formula is C40H54O4. The molecule has 0 radical (unpaired) electrons. The largest absolute Gasteiger partial charge is 0.392 e. The molecule has 4 nitrogen and oxygen atoms in total. The Labute approximate surface area is 266 Å². The maximum absolute atomic E-state index is 12.9. The number of hydrogen-bond acceptors (Lipinski definition) is 4. The SMILES string of the molecule is CC1=CC(O)CC(C)(C)[C@H]1/C=C/C(C)=C/C=C/C(C)=C/C=C/C=C(C)/C=C/C=C(\CO)C(=O)C[C@H]1C(C)=CC(=O)CC1(C)C. The van der Waals surface area contributed by atoms with Crippen LogP contribution in [-0.4, -0.2) is 34.5 Å². The summed E-state index contributed by atoms with van der Waals surface area (Å²) in [5.74, 6) is 0.326. The van der Waals surface area contributed by atoms with Gasteiger partial charge < -0.3 is 10.2 Å². The topological polar surface area (TPSA) is 74.6 Å². The molecule has 0 aliphatic heterocycles. The highest BCUT2D eigenvalue weighted by atomic mass is 16.3. The molecule has 2 aliphatic carbocycles. The maximum Gasteiger partial charge on any atom is 0.161 e. The average molecular weight is 599 g/mol. The van der Waals surface area contributed by atoms with Gasteiger partial charge in [-0.05, 0) is 63.9 Å². The van der Waals surface area contributed by atoms with Crippen molar-refractivity contribution in [3.63, 3.8) is 0 Å². The Kier molecular flexibility index (Phi) is 13.9. The first-order chi connectivity index (χ1) is 20.6. The highest BCUT2D eigenvalue weighted by molar-refractivity contribution is 5.97. The normalized spacial score (nSPS) is 25.4. The van der Waals surface area contributed by atoms with Gasteiger partial charge in [-0.15, -0.1) is 0 Å². The van der Waals surface area contributed by atoms with Crippen molar-refractivity contribution in [1.82, 2.24) is 0 Å². The number of allylic oxidation sites excluding steroid dienone is 18. The third-order valence-electron chi connectivity index (χ3n) is 8.71. The number of Topliss-reactive ketones (excluding diaryl/α,β-unsaturated/α-hetero) is 1. The Bertz CT molecular complexity index is 1360. The molecule has 0 saturated heterocycles. The maximum atomic E-state index is 12.9. The lowest BCUT2D eigenvalue weighted by Gasteiger charge is -2.38. The van der Waals surface area contributed by atoms with E-state index >= 15 is 0 Å². The second-order valence-electron chi connectivity index (χ2n) is 13.9. The first-order valence-electron chi connectivity index (χ1n) is 15.7. The summed E-state index contributed by atoms with van der Waals surface area (Å²) >= 11 is 0. The smallest absolute Gasteiger partial charge is 0.161 e. The lowest BCUT2D eigenvalue weighted by atomic mass is 9.66. The second-order valence-corrected chi connectivity index (χ2v) is 13.9. The van der Waals surface area contributed by atoms with Crippen LogP contribution in [0.1, 0.15) is 81.6 Å². The highest BCUT2D eigenvalue weighted by Crippen LogP contribution is 2.43. The molecule has 3 atom stereocenters. The van der Waals surface area contributed by atoms with E-state index in [0.717, 1.165) is 23.1 Å². The lowest BCUT2D eigenvalue weighted by molar-refractivity contribution is -0.121. The Hall–Kier alpha value is -3.34. The number of ketones is 2. The van der Waals surface area contributed by atoms with Gasteiger partial charge in [-0.3, -0.25) is 9.59 Å². The molecule has 4 heteroatoms. The van der Waals surface area contributed by atoms with E-state index in [1.165, 1.54) is 11.1 Å². The van der Waals surface area contributed by atoms with Crippen LogP contribution in [0.5, 0.6) is 0 Å². The molecule has 0 aromatic heterocycles. The van der Waals surface area contributed by atoms with Crippen LogP contribution >= 0.6 is 0 Å². The van der Waals surface area contributed by atoms with Crippen LogP contribution in [0.15, 0.2) is 119 Å². The Morgan fingerprint density at radius 3 is 1.93 bits per heavy atom. The quantitative estimate of drug-likeness (QED) is 0.134. The van der Waals surface area contributed by atoms with Crippen LogP contribution in [0.25, 0.3) is 0 Å². The van der Waals surface area contributed by atoms with E-state index in [-0.39, 0.29) is 47.4 Å². The van der Waals surface area contributed by atoms with Gasteiger partial charge in [-0.2, -0.15) is 0 Å². The third kappa shape index (κ3) is 11.6. The summed E-state index contributed by atoms with van der Waals surface area (Å²) in [5.41, 5.74) is 5.60. The van der Waals surface area contributed by atoms with Crippen molar-refractivity contribution >= 4 is 11.6 Å². The second kappa shape index (κ2) is 16.7. The fourth-order valence-corrected chi connectivity index (χ4v) is 6.24.